The lowest BCUT2D eigenvalue weighted by atomic mass is 10.0. The highest BCUT2D eigenvalue weighted by atomic mass is 16.5. The van der Waals surface area contributed by atoms with Crippen molar-refractivity contribution in [2.24, 2.45) is 0 Å². The third kappa shape index (κ3) is 55.4. The quantitative estimate of drug-likeness (QED) is 0.0321. The van der Waals surface area contributed by atoms with E-state index in [-0.39, 0.29) is 18.5 Å². The molecule has 70 heavy (non-hydrogen) atoms. The van der Waals surface area contributed by atoms with Crippen molar-refractivity contribution in [1.29, 1.82) is 0 Å². The van der Waals surface area contributed by atoms with Gasteiger partial charge in [0.2, 0.25) is 5.91 Å². The Bertz CT molecular complexity index is 1130. The first-order valence-corrected chi connectivity index (χ1v) is 31.2. The molecule has 0 aromatic carbocycles. The number of ether oxygens (including phenoxy) is 1. The standard InChI is InChI=1S/C64H121NO5/c1-3-5-7-9-11-13-15-17-18-19-27-30-33-36-40-44-48-52-56-62(67)61(60-66)65-63(68)57-53-49-45-41-37-34-31-28-25-23-21-20-22-24-26-29-32-35-39-43-47-51-55-59-70-64(69)58-54-50-46-42-38-16-14-12-10-8-6-4-2/h12,14,20,22-23,25,61-62,66-67H,3-11,13,15-19,21,24,26-60H2,1-2H3,(H,65,68)/b14-12-,22-20-,25-23-. The summed E-state index contributed by atoms with van der Waals surface area (Å²) in [6, 6.07) is -0.550. The number of nitrogens with one attached hydrogen (secondary N) is 1. The van der Waals surface area contributed by atoms with Crippen LogP contribution in [-0.2, 0) is 14.3 Å². The van der Waals surface area contributed by atoms with Gasteiger partial charge in [0.25, 0.3) is 0 Å². The average molecular weight is 985 g/mol. The molecule has 3 N–H and O–H groups in total. The fourth-order valence-electron chi connectivity index (χ4n) is 9.61. The van der Waals surface area contributed by atoms with E-state index in [1.54, 1.807) is 0 Å². The smallest absolute Gasteiger partial charge is 0.305 e. The van der Waals surface area contributed by atoms with Crippen LogP contribution in [0.15, 0.2) is 36.5 Å². The summed E-state index contributed by atoms with van der Waals surface area (Å²) in [7, 11) is 0. The normalized spacial score (nSPS) is 12.8. The van der Waals surface area contributed by atoms with Gasteiger partial charge >= 0.3 is 5.97 Å². The Kier molecular flexibility index (Phi) is 58.0. The molecule has 0 rings (SSSR count). The fraction of sp³-hybridized carbons (Fsp3) is 0.875. The maximum Gasteiger partial charge on any atom is 0.305 e. The van der Waals surface area contributed by atoms with Crippen molar-refractivity contribution in [2.45, 2.75) is 347 Å². The predicted molar refractivity (Wildman–Crippen MR) is 306 cm³/mol. The molecule has 6 nitrogen and oxygen atoms in total. The minimum atomic E-state index is -0.672. The molecule has 412 valence electrons. The number of amides is 1. The second-order valence-corrected chi connectivity index (χ2v) is 21.4. The lowest BCUT2D eigenvalue weighted by Gasteiger charge is -2.22. The Hall–Kier alpha value is -1.92. The number of hydrogen-bond donors (Lipinski definition) is 3. The van der Waals surface area contributed by atoms with Gasteiger partial charge in [-0.15, -0.1) is 0 Å². The number of unbranched alkanes of at least 4 members (excludes halogenated alkanes) is 41. The Morgan fingerprint density at radius 3 is 1.13 bits per heavy atom. The van der Waals surface area contributed by atoms with Crippen LogP contribution in [0.1, 0.15) is 335 Å². The van der Waals surface area contributed by atoms with Crippen molar-refractivity contribution in [3.63, 3.8) is 0 Å². The molecule has 0 saturated carbocycles. The minimum absolute atomic E-state index is 0.00298. The molecular formula is C64H121NO5. The summed E-state index contributed by atoms with van der Waals surface area (Å²) in [6.07, 6.45) is 74.4. The molecule has 0 aliphatic heterocycles. The Labute approximate surface area is 436 Å². The number of rotatable bonds is 58. The molecule has 0 saturated heterocycles. The highest BCUT2D eigenvalue weighted by molar-refractivity contribution is 5.76. The van der Waals surface area contributed by atoms with Crippen LogP contribution in [0, 0.1) is 0 Å². The van der Waals surface area contributed by atoms with Gasteiger partial charge in [0.1, 0.15) is 0 Å². The van der Waals surface area contributed by atoms with Gasteiger partial charge in [-0.2, -0.15) is 0 Å². The van der Waals surface area contributed by atoms with E-state index in [4.69, 9.17) is 4.74 Å². The lowest BCUT2D eigenvalue weighted by molar-refractivity contribution is -0.143. The Morgan fingerprint density at radius 1 is 0.400 bits per heavy atom. The third-order valence-electron chi connectivity index (χ3n) is 14.4. The van der Waals surface area contributed by atoms with Crippen LogP contribution in [-0.4, -0.2) is 47.4 Å². The van der Waals surface area contributed by atoms with E-state index in [2.05, 4.69) is 55.6 Å². The van der Waals surface area contributed by atoms with Crippen molar-refractivity contribution in [1.82, 2.24) is 5.32 Å². The monoisotopic (exact) mass is 984 g/mol. The highest BCUT2D eigenvalue weighted by Crippen LogP contribution is 2.17. The molecule has 0 aliphatic rings. The zero-order valence-electron chi connectivity index (χ0n) is 47.0. The number of hydrogen-bond acceptors (Lipinski definition) is 5. The van der Waals surface area contributed by atoms with Gasteiger partial charge in [-0.3, -0.25) is 9.59 Å². The van der Waals surface area contributed by atoms with Crippen molar-refractivity contribution in [2.75, 3.05) is 13.2 Å². The molecule has 0 aliphatic carbocycles. The molecule has 6 heteroatoms. The van der Waals surface area contributed by atoms with Gasteiger partial charge in [0.05, 0.1) is 25.4 Å². The Morgan fingerprint density at radius 2 is 0.714 bits per heavy atom. The first-order valence-electron chi connectivity index (χ1n) is 31.2. The number of carbonyl (C=O) groups is 2. The van der Waals surface area contributed by atoms with Crippen LogP contribution < -0.4 is 5.32 Å². The first-order chi connectivity index (χ1) is 34.5. The Balaban J connectivity index is 3.46. The number of aliphatic hydroxyl groups is 2. The van der Waals surface area contributed by atoms with Crippen molar-refractivity contribution >= 4 is 11.9 Å². The van der Waals surface area contributed by atoms with Crippen LogP contribution in [0.3, 0.4) is 0 Å². The van der Waals surface area contributed by atoms with Crippen LogP contribution in [0.2, 0.25) is 0 Å². The molecule has 2 atom stereocenters. The molecule has 0 bridgehead atoms. The van der Waals surface area contributed by atoms with E-state index in [1.165, 1.54) is 244 Å². The van der Waals surface area contributed by atoms with Crippen LogP contribution >= 0.6 is 0 Å². The summed E-state index contributed by atoms with van der Waals surface area (Å²) in [5.41, 5.74) is 0. The van der Waals surface area contributed by atoms with E-state index < -0.39 is 12.1 Å². The third-order valence-corrected chi connectivity index (χ3v) is 14.4. The number of allylic oxidation sites excluding steroid dienone is 6. The molecular weight excluding hydrogens is 863 g/mol. The summed E-state index contributed by atoms with van der Waals surface area (Å²) < 4.78 is 5.46. The van der Waals surface area contributed by atoms with Gasteiger partial charge in [0, 0.05) is 12.8 Å². The number of aliphatic hydroxyl groups excluding tert-OH is 2. The van der Waals surface area contributed by atoms with Crippen LogP contribution in [0.5, 0.6) is 0 Å². The van der Waals surface area contributed by atoms with E-state index in [0.29, 0.717) is 25.9 Å². The molecule has 1 amide bonds. The molecule has 0 radical (unpaired) electrons. The molecule has 0 aromatic heterocycles. The summed E-state index contributed by atoms with van der Waals surface area (Å²) in [5.74, 6) is -0.0463. The topological polar surface area (TPSA) is 95.9 Å². The summed E-state index contributed by atoms with van der Waals surface area (Å²) in [4.78, 5) is 24.5. The molecule has 0 aromatic rings. The van der Waals surface area contributed by atoms with Gasteiger partial charge in [-0.05, 0) is 83.5 Å². The van der Waals surface area contributed by atoms with Crippen molar-refractivity contribution in [3.8, 4) is 0 Å². The summed E-state index contributed by atoms with van der Waals surface area (Å²) in [5, 5.41) is 23.3. The van der Waals surface area contributed by atoms with E-state index in [0.717, 1.165) is 57.8 Å². The van der Waals surface area contributed by atoms with E-state index in [9.17, 15) is 19.8 Å². The summed E-state index contributed by atoms with van der Waals surface area (Å²) in [6.45, 7) is 4.93. The second-order valence-electron chi connectivity index (χ2n) is 21.4. The van der Waals surface area contributed by atoms with Crippen molar-refractivity contribution < 1.29 is 24.5 Å². The molecule has 0 fully saturated rings. The van der Waals surface area contributed by atoms with Gasteiger partial charge in [-0.1, -0.05) is 275 Å². The average Bonchev–Trinajstić information content (AvgIpc) is 3.36. The summed E-state index contributed by atoms with van der Waals surface area (Å²) >= 11 is 0. The maximum absolute atomic E-state index is 12.5. The van der Waals surface area contributed by atoms with E-state index >= 15 is 0 Å². The number of esters is 1. The molecule has 0 heterocycles. The predicted octanol–water partition coefficient (Wildman–Crippen LogP) is 19.6. The highest BCUT2D eigenvalue weighted by Gasteiger charge is 2.20. The van der Waals surface area contributed by atoms with Gasteiger partial charge < -0.3 is 20.3 Å². The van der Waals surface area contributed by atoms with Gasteiger partial charge in [0.15, 0.2) is 0 Å². The van der Waals surface area contributed by atoms with E-state index in [1.807, 2.05) is 0 Å². The van der Waals surface area contributed by atoms with Crippen molar-refractivity contribution in [3.05, 3.63) is 36.5 Å². The number of carbonyl (C=O) groups excluding carboxylic acids is 2. The lowest BCUT2D eigenvalue weighted by Crippen LogP contribution is -2.45. The first kappa shape index (κ1) is 68.1. The maximum atomic E-state index is 12.5. The molecule has 0 spiro atoms. The van der Waals surface area contributed by atoms with Crippen LogP contribution in [0.4, 0.5) is 0 Å². The largest absolute Gasteiger partial charge is 0.466 e. The second kappa shape index (κ2) is 59.6. The zero-order chi connectivity index (χ0) is 50.7. The zero-order valence-corrected chi connectivity index (χ0v) is 47.0. The van der Waals surface area contributed by atoms with Gasteiger partial charge in [-0.25, -0.2) is 0 Å². The molecule has 2 unspecified atom stereocenters. The van der Waals surface area contributed by atoms with Crippen LogP contribution in [0.25, 0.3) is 0 Å². The fourth-order valence-corrected chi connectivity index (χ4v) is 9.61. The minimum Gasteiger partial charge on any atom is -0.466 e. The SMILES string of the molecule is CCCCC/C=C\CCCCCCCC(=O)OCCCCCCCCCCC/C=C\C/C=C\CCCCCCCCCC(=O)NC(CO)C(O)CCCCCCCCCCCCCCCCCCCC.